The van der Waals surface area contributed by atoms with Gasteiger partial charge in [0.1, 0.15) is 0 Å². The van der Waals surface area contributed by atoms with Crippen molar-refractivity contribution in [2.24, 2.45) is 11.7 Å². The van der Waals surface area contributed by atoms with Gasteiger partial charge in [0.25, 0.3) is 5.56 Å². The molecule has 0 saturated carbocycles. The summed E-state index contributed by atoms with van der Waals surface area (Å²) in [6.45, 7) is 15.5. The Morgan fingerprint density at radius 3 is 2.27 bits per heavy atom. The number of aromatic amines is 1. The van der Waals surface area contributed by atoms with Crippen molar-refractivity contribution in [3.8, 4) is 0 Å². The van der Waals surface area contributed by atoms with Gasteiger partial charge in [-0.25, -0.2) is 0 Å². The molecular weight excluding hydrogens is 462 g/mol. The minimum atomic E-state index is -0.344. The summed E-state index contributed by atoms with van der Waals surface area (Å²) in [7, 11) is 4.28. The molecule has 1 aliphatic heterocycles. The maximum atomic E-state index is 12.1. The number of amides is 1. The molecule has 7 heteroatoms. The standard InChI is InChI=1S/C21H32N4O.C9H13NO/c1-14(2)25-12-15(3)20-18(21(22)26)10-17(11-19(20)25)24-8-6-16(7-9-24)13-23(4)5;1-4-8-6(2)5-7(3)10-9(8)11/h10-12,14,16H,6-9,13H2,1-5H3,(H2,22,26);5H,4H2,1-3H3,(H,10,11). The van der Waals surface area contributed by atoms with Crippen LogP contribution in [0.3, 0.4) is 0 Å². The highest BCUT2D eigenvalue weighted by Gasteiger charge is 2.23. The number of anilines is 1. The number of nitrogens with zero attached hydrogens (tertiary/aromatic N) is 3. The van der Waals surface area contributed by atoms with Crippen LogP contribution in [0.4, 0.5) is 5.69 Å². The monoisotopic (exact) mass is 507 g/mol. The number of pyridine rings is 1. The Bertz CT molecular complexity index is 1290. The van der Waals surface area contributed by atoms with Crippen molar-refractivity contribution in [2.75, 3.05) is 38.6 Å². The Morgan fingerprint density at radius 2 is 1.76 bits per heavy atom. The molecule has 1 aliphatic rings. The fraction of sp³-hybridized carbons (Fsp3) is 0.533. The van der Waals surface area contributed by atoms with Crippen molar-refractivity contribution in [3.63, 3.8) is 0 Å². The minimum Gasteiger partial charge on any atom is -0.371 e. The van der Waals surface area contributed by atoms with Gasteiger partial charge in [0.2, 0.25) is 5.91 Å². The Morgan fingerprint density at radius 1 is 1.11 bits per heavy atom. The summed E-state index contributed by atoms with van der Waals surface area (Å²) < 4.78 is 2.25. The molecule has 2 aromatic heterocycles. The zero-order valence-corrected chi connectivity index (χ0v) is 23.9. The first-order valence-electron chi connectivity index (χ1n) is 13.5. The van der Waals surface area contributed by atoms with Crippen molar-refractivity contribution in [2.45, 2.75) is 66.8 Å². The van der Waals surface area contributed by atoms with Gasteiger partial charge in [0, 0.05) is 54.2 Å². The maximum absolute atomic E-state index is 12.1. The topological polar surface area (TPSA) is 87.4 Å². The Kier molecular flexibility index (Phi) is 9.24. The van der Waals surface area contributed by atoms with Crippen LogP contribution in [0.25, 0.3) is 10.9 Å². The lowest BCUT2D eigenvalue weighted by atomic mass is 9.95. The molecule has 1 aromatic carbocycles. The predicted octanol–water partition coefficient (Wildman–Crippen LogP) is 4.96. The van der Waals surface area contributed by atoms with Crippen LogP contribution in [-0.2, 0) is 6.42 Å². The van der Waals surface area contributed by atoms with Crippen LogP contribution in [0, 0.1) is 26.7 Å². The molecule has 1 fully saturated rings. The van der Waals surface area contributed by atoms with Gasteiger partial charge >= 0.3 is 0 Å². The van der Waals surface area contributed by atoms with Gasteiger partial charge in [0.15, 0.2) is 0 Å². The number of hydrogen-bond acceptors (Lipinski definition) is 4. The number of carbonyl (C=O) groups is 1. The Hall–Kier alpha value is -3.06. The summed E-state index contributed by atoms with van der Waals surface area (Å²) >= 11 is 0. The van der Waals surface area contributed by atoms with Gasteiger partial charge in [0.05, 0.1) is 11.1 Å². The summed E-state index contributed by atoms with van der Waals surface area (Å²) in [5.41, 5.74) is 12.7. The van der Waals surface area contributed by atoms with E-state index in [0.717, 1.165) is 70.9 Å². The molecule has 0 spiro atoms. The predicted molar refractivity (Wildman–Crippen MR) is 155 cm³/mol. The highest BCUT2D eigenvalue weighted by molar-refractivity contribution is 6.08. The van der Waals surface area contributed by atoms with Crippen LogP contribution < -0.4 is 16.2 Å². The summed E-state index contributed by atoms with van der Waals surface area (Å²) in [5, 5.41) is 0.998. The third kappa shape index (κ3) is 6.63. The second-order valence-electron chi connectivity index (χ2n) is 11.1. The smallest absolute Gasteiger partial charge is 0.251 e. The molecule has 3 N–H and O–H groups in total. The van der Waals surface area contributed by atoms with Crippen molar-refractivity contribution in [1.29, 1.82) is 0 Å². The number of aryl methyl sites for hydroxylation is 3. The van der Waals surface area contributed by atoms with Crippen molar-refractivity contribution in [1.82, 2.24) is 14.5 Å². The second-order valence-corrected chi connectivity index (χ2v) is 11.1. The molecule has 1 amide bonds. The lowest BCUT2D eigenvalue weighted by Gasteiger charge is -2.35. The zero-order valence-electron chi connectivity index (χ0n) is 23.9. The number of fused-ring (bicyclic) bond motifs is 1. The number of hydrogen-bond donors (Lipinski definition) is 2. The number of nitrogens with one attached hydrogen (secondary N) is 1. The molecule has 202 valence electrons. The number of primary amides is 1. The molecule has 0 bridgehead atoms. The number of benzene rings is 1. The van der Waals surface area contributed by atoms with E-state index in [1.165, 1.54) is 12.8 Å². The van der Waals surface area contributed by atoms with Gasteiger partial charge in [-0.1, -0.05) is 6.92 Å². The van der Waals surface area contributed by atoms with Crippen LogP contribution in [0.1, 0.15) is 72.4 Å². The van der Waals surface area contributed by atoms with Crippen molar-refractivity contribution < 1.29 is 4.79 Å². The molecule has 1 saturated heterocycles. The van der Waals surface area contributed by atoms with Gasteiger partial charge in [-0.2, -0.15) is 0 Å². The number of nitrogens with two attached hydrogens (primary N) is 1. The van der Waals surface area contributed by atoms with E-state index in [0.29, 0.717) is 11.6 Å². The van der Waals surface area contributed by atoms with Crippen molar-refractivity contribution in [3.05, 3.63) is 62.7 Å². The molecule has 0 unspecified atom stereocenters. The fourth-order valence-corrected chi connectivity index (χ4v) is 5.59. The average molecular weight is 508 g/mol. The summed E-state index contributed by atoms with van der Waals surface area (Å²) in [6.07, 6.45) is 5.31. The SMILES string of the molecule is CCc1c(C)cc(C)[nH]c1=O.Cc1cn(C(C)C)c2cc(N3CCC(CN(C)C)CC3)cc(C(N)=O)c12. The molecule has 7 nitrogen and oxygen atoms in total. The Labute approximate surface area is 221 Å². The summed E-state index contributed by atoms with van der Waals surface area (Å²) in [6, 6.07) is 6.57. The molecule has 0 aliphatic carbocycles. The molecule has 0 radical (unpaired) electrons. The van der Waals surface area contributed by atoms with Gasteiger partial charge in [-0.05, 0) is 103 Å². The van der Waals surface area contributed by atoms with E-state index in [2.05, 4.69) is 66.5 Å². The highest BCUT2D eigenvalue weighted by atomic mass is 16.1. The average Bonchev–Trinajstić information content (AvgIpc) is 3.15. The molecule has 3 heterocycles. The number of rotatable bonds is 6. The summed E-state index contributed by atoms with van der Waals surface area (Å²) in [4.78, 5) is 30.8. The largest absolute Gasteiger partial charge is 0.371 e. The van der Waals surface area contributed by atoms with Crippen LogP contribution >= 0.6 is 0 Å². The molecule has 0 atom stereocenters. The second kappa shape index (κ2) is 12.0. The van der Waals surface area contributed by atoms with Crippen LogP contribution in [0.5, 0.6) is 0 Å². The normalized spacial score (nSPS) is 14.4. The summed E-state index contributed by atoms with van der Waals surface area (Å²) in [5.74, 6) is 0.409. The number of aromatic nitrogens is 2. The molecule has 37 heavy (non-hydrogen) atoms. The van der Waals surface area contributed by atoms with Crippen molar-refractivity contribution >= 4 is 22.5 Å². The first-order valence-corrected chi connectivity index (χ1v) is 13.5. The number of carbonyl (C=O) groups excluding carboxylic acids is 1. The third-order valence-corrected chi connectivity index (χ3v) is 7.38. The first kappa shape index (κ1) is 28.5. The molecular formula is C30H45N5O2. The van der Waals surface area contributed by atoms with Crippen LogP contribution in [0.2, 0.25) is 0 Å². The van der Waals surface area contributed by atoms with E-state index in [1.807, 2.05) is 32.9 Å². The van der Waals surface area contributed by atoms with Gasteiger partial charge < -0.3 is 25.1 Å². The minimum absolute atomic E-state index is 0.0602. The van der Waals surface area contributed by atoms with E-state index < -0.39 is 0 Å². The Balaban J connectivity index is 0.000000289. The first-order chi connectivity index (χ1) is 17.4. The quantitative estimate of drug-likeness (QED) is 0.494. The van der Waals surface area contributed by atoms with E-state index in [1.54, 1.807) is 0 Å². The molecule has 4 rings (SSSR count). The maximum Gasteiger partial charge on any atom is 0.251 e. The van der Waals surface area contributed by atoms with Gasteiger partial charge in [-0.15, -0.1) is 0 Å². The lowest BCUT2D eigenvalue weighted by Crippen LogP contribution is -2.37. The van der Waals surface area contributed by atoms with Crippen LogP contribution in [-0.4, -0.2) is 54.1 Å². The third-order valence-electron chi connectivity index (χ3n) is 7.38. The zero-order chi connectivity index (χ0) is 27.4. The van der Waals surface area contributed by atoms with E-state index in [-0.39, 0.29) is 11.5 Å². The van der Waals surface area contributed by atoms with Crippen LogP contribution in [0.15, 0.2) is 29.2 Å². The number of piperidine rings is 1. The van der Waals surface area contributed by atoms with E-state index in [4.69, 9.17) is 5.73 Å². The highest BCUT2D eigenvalue weighted by Crippen LogP contribution is 2.33. The van der Waals surface area contributed by atoms with E-state index in [9.17, 15) is 9.59 Å². The number of H-pyrrole nitrogens is 1. The van der Waals surface area contributed by atoms with Gasteiger partial charge in [-0.3, -0.25) is 9.59 Å². The fourth-order valence-electron chi connectivity index (χ4n) is 5.59. The van der Waals surface area contributed by atoms with E-state index >= 15 is 0 Å². The molecule has 3 aromatic rings. The lowest BCUT2D eigenvalue weighted by molar-refractivity contribution is 0.100.